The second kappa shape index (κ2) is 20.5. The van der Waals surface area contributed by atoms with Gasteiger partial charge in [0.1, 0.15) is 0 Å². The second-order valence-corrected chi connectivity index (χ2v) is 21.7. The molecule has 0 saturated heterocycles. The predicted octanol–water partition coefficient (Wildman–Crippen LogP) is 19.1. The smallest absolute Gasteiger partial charge is 0.252 e. The van der Waals surface area contributed by atoms with E-state index in [9.17, 15) is 0 Å². The van der Waals surface area contributed by atoms with Gasteiger partial charge in [0.15, 0.2) is 0 Å². The van der Waals surface area contributed by atoms with Gasteiger partial charge >= 0.3 is 0 Å². The predicted molar refractivity (Wildman–Crippen MR) is 355 cm³/mol. The van der Waals surface area contributed by atoms with Gasteiger partial charge in [0.05, 0.1) is 16.7 Å². The molecule has 5 nitrogen and oxygen atoms in total. The van der Waals surface area contributed by atoms with Crippen molar-refractivity contribution in [1.29, 1.82) is 0 Å². The number of hydrogen-bond donors (Lipinski definition) is 0. The fraction of sp³-hybridized carbons (Fsp3) is 0. The van der Waals surface area contributed by atoms with Gasteiger partial charge < -0.3 is 24.2 Å². The van der Waals surface area contributed by atoms with Gasteiger partial charge in [-0.05, 0) is 172 Å². The number of para-hydroxylation sites is 8. The molecule has 0 bridgehead atoms. The Labute approximate surface area is 490 Å². The zero-order chi connectivity index (χ0) is 55.5. The maximum Gasteiger partial charge on any atom is 0.252 e. The van der Waals surface area contributed by atoms with Crippen molar-refractivity contribution >= 4 is 113 Å². The second-order valence-electron chi connectivity index (χ2n) is 21.7. The average molecular weight is 1070 g/mol. The van der Waals surface area contributed by atoms with Crippen molar-refractivity contribution in [3.8, 4) is 27.9 Å². The summed E-state index contributed by atoms with van der Waals surface area (Å²) in [5, 5.41) is 2.46. The summed E-state index contributed by atoms with van der Waals surface area (Å²) < 4.78 is 2.47. The molecule has 0 amide bonds. The van der Waals surface area contributed by atoms with Gasteiger partial charge in [-0.25, -0.2) is 0 Å². The number of hydrogen-bond acceptors (Lipinski definition) is 4. The molecule has 0 atom stereocenters. The molecule has 0 fully saturated rings. The van der Waals surface area contributed by atoms with Gasteiger partial charge in [-0.1, -0.05) is 194 Å². The Morgan fingerprint density at radius 1 is 0.238 bits per heavy atom. The molecule has 1 aromatic heterocycles. The molecule has 84 heavy (non-hydrogen) atoms. The van der Waals surface area contributed by atoms with Gasteiger partial charge in [-0.2, -0.15) is 0 Å². The third-order valence-electron chi connectivity index (χ3n) is 16.9. The van der Waals surface area contributed by atoms with Crippen molar-refractivity contribution in [2.45, 2.75) is 0 Å². The van der Waals surface area contributed by atoms with E-state index in [0.29, 0.717) is 0 Å². The van der Waals surface area contributed by atoms with Crippen molar-refractivity contribution in [2.24, 2.45) is 0 Å². The molecule has 6 heteroatoms. The lowest BCUT2D eigenvalue weighted by Gasteiger charge is -2.44. The summed E-state index contributed by atoms with van der Waals surface area (Å²) in [6.07, 6.45) is 0. The van der Waals surface area contributed by atoms with Crippen LogP contribution in [0.1, 0.15) is 0 Å². The summed E-state index contributed by atoms with van der Waals surface area (Å²) in [7, 11) is 0. The van der Waals surface area contributed by atoms with Gasteiger partial charge in [0.25, 0.3) is 6.71 Å². The molecule has 16 rings (SSSR count). The number of fused-ring (bicyclic) bond motifs is 7. The third kappa shape index (κ3) is 8.26. The minimum Gasteiger partial charge on any atom is -0.311 e. The molecule has 2 aliphatic heterocycles. The molecule has 0 radical (unpaired) electrons. The van der Waals surface area contributed by atoms with E-state index in [1.54, 1.807) is 0 Å². The lowest BCUT2D eigenvalue weighted by Crippen LogP contribution is -2.61. The quantitative estimate of drug-likeness (QED) is 0.120. The van der Waals surface area contributed by atoms with Crippen LogP contribution < -0.4 is 36.0 Å². The number of nitrogens with zero attached hydrogens (tertiary/aromatic N) is 5. The maximum atomic E-state index is 2.52. The van der Waals surface area contributed by atoms with Gasteiger partial charge in [-0.15, -0.1) is 0 Å². The van der Waals surface area contributed by atoms with E-state index in [1.165, 1.54) is 38.2 Å². The van der Waals surface area contributed by atoms with Crippen LogP contribution in [0.25, 0.3) is 49.7 Å². The lowest BCUT2D eigenvalue weighted by molar-refractivity contribution is 1.16. The first kappa shape index (κ1) is 48.8. The van der Waals surface area contributed by atoms with Gasteiger partial charge in [-0.3, -0.25) is 0 Å². The summed E-state index contributed by atoms with van der Waals surface area (Å²) in [6.45, 7) is -0.149. The van der Waals surface area contributed by atoms with E-state index in [0.717, 1.165) is 96.2 Å². The number of anilines is 12. The monoisotopic (exact) mass is 1070 g/mol. The van der Waals surface area contributed by atoms with Crippen molar-refractivity contribution in [1.82, 2.24) is 4.57 Å². The van der Waals surface area contributed by atoms with Gasteiger partial charge in [0, 0.05) is 79.0 Å². The minimum atomic E-state index is -0.149. The van der Waals surface area contributed by atoms with Crippen molar-refractivity contribution in [3.63, 3.8) is 0 Å². The highest BCUT2D eigenvalue weighted by molar-refractivity contribution is 7.00. The Hall–Kier alpha value is -11.1. The number of aromatic nitrogens is 1. The van der Waals surface area contributed by atoms with Crippen molar-refractivity contribution in [3.05, 3.63) is 328 Å². The highest BCUT2D eigenvalue weighted by atomic mass is 15.2. The van der Waals surface area contributed by atoms with Crippen LogP contribution in [0, 0.1) is 0 Å². The summed E-state index contributed by atoms with van der Waals surface area (Å²) in [5.41, 5.74) is 25.2. The standard InChI is InChI=1S/C78H54BN5/c1-7-23-59(24-8-1)80(60-25-9-2-10-26-60)65-45-39-55(40-46-65)57-43-49-74-70(51-57)79-71-52-58(56-41-47-66(48-42-56)81(61-27-11-3-12-28-61)62-29-13-4-14-30-62)44-50-75(71)83(64-33-17-6-18-34-64)77-54-67(53-76(78(77)79)82(74)63-31-15-5-16-32-63)84-72-37-21-19-35-68(72)69-36-20-22-38-73(69)84/h1-54H. The first-order chi connectivity index (χ1) is 41.7. The molecule has 394 valence electrons. The molecular formula is C78H54BN5. The summed E-state index contributed by atoms with van der Waals surface area (Å²) in [5.74, 6) is 0. The van der Waals surface area contributed by atoms with Crippen LogP contribution in [0.4, 0.5) is 68.2 Å². The molecule has 0 aliphatic carbocycles. The largest absolute Gasteiger partial charge is 0.311 e. The van der Waals surface area contributed by atoms with Crippen LogP contribution in [-0.2, 0) is 0 Å². The van der Waals surface area contributed by atoms with Crippen LogP contribution in [0.2, 0.25) is 0 Å². The molecule has 0 unspecified atom stereocenters. The molecule has 0 saturated carbocycles. The molecule has 3 heterocycles. The topological polar surface area (TPSA) is 17.9 Å². The van der Waals surface area contributed by atoms with Crippen molar-refractivity contribution < 1.29 is 0 Å². The van der Waals surface area contributed by atoms with E-state index in [2.05, 4.69) is 352 Å². The highest BCUT2D eigenvalue weighted by Crippen LogP contribution is 2.48. The zero-order valence-corrected chi connectivity index (χ0v) is 46.0. The first-order valence-corrected chi connectivity index (χ1v) is 28.9. The van der Waals surface area contributed by atoms with Crippen LogP contribution in [0.3, 0.4) is 0 Å². The average Bonchev–Trinajstić information content (AvgIpc) is 0.877. The Kier molecular flexibility index (Phi) is 11.9. The van der Waals surface area contributed by atoms with Crippen LogP contribution in [0.5, 0.6) is 0 Å². The van der Waals surface area contributed by atoms with E-state index < -0.39 is 0 Å². The Balaban J connectivity index is 0.918. The fourth-order valence-corrected chi connectivity index (χ4v) is 13.2. The van der Waals surface area contributed by atoms with E-state index >= 15 is 0 Å². The first-order valence-electron chi connectivity index (χ1n) is 28.9. The van der Waals surface area contributed by atoms with Crippen LogP contribution in [0.15, 0.2) is 328 Å². The van der Waals surface area contributed by atoms with E-state index in [4.69, 9.17) is 0 Å². The zero-order valence-electron chi connectivity index (χ0n) is 46.0. The summed E-state index contributed by atoms with van der Waals surface area (Å²) in [6, 6.07) is 120. The van der Waals surface area contributed by atoms with E-state index in [-0.39, 0.29) is 6.71 Å². The molecule has 14 aromatic rings. The Morgan fingerprint density at radius 2 is 0.548 bits per heavy atom. The number of rotatable bonds is 11. The van der Waals surface area contributed by atoms with Crippen LogP contribution in [-0.4, -0.2) is 11.3 Å². The Morgan fingerprint density at radius 3 is 0.917 bits per heavy atom. The van der Waals surface area contributed by atoms with Crippen molar-refractivity contribution in [2.75, 3.05) is 19.6 Å². The number of benzene rings is 13. The lowest BCUT2D eigenvalue weighted by atomic mass is 9.33. The normalized spacial score (nSPS) is 12.2. The molecular weight excluding hydrogens is 1020 g/mol. The minimum absolute atomic E-state index is 0.149. The fourth-order valence-electron chi connectivity index (χ4n) is 13.2. The van der Waals surface area contributed by atoms with E-state index in [1.807, 2.05) is 0 Å². The summed E-state index contributed by atoms with van der Waals surface area (Å²) >= 11 is 0. The van der Waals surface area contributed by atoms with Crippen LogP contribution >= 0.6 is 0 Å². The SMILES string of the molecule is c1ccc(N(c2ccccc2)c2ccc(-c3ccc4c(c3)B3c5cc(-c6ccc(N(c7ccccc7)c7ccccc7)cc6)ccc5N(c5ccccc5)c5cc(-n6c7ccccc7c7ccccc76)cc(c53)N4c3ccccc3)cc2)cc1. The highest BCUT2D eigenvalue weighted by Gasteiger charge is 2.44. The third-order valence-corrected chi connectivity index (χ3v) is 16.9. The molecule has 0 N–H and O–H groups in total. The summed E-state index contributed by atoms with van der Waals surface area (Å²) in [4.78, 5) is 9.69. The molecule has 2 aliphatic rings. The maximum absolute atomic E-state index is 2.52. The van der Waals surface area contributed by atoms with Gasteiger partial charge in [0.2, 0.25) is 0 Å². The molecule has 0 spiro atoms. The molecule has 13 aromatic carbocycles. The Bertz CT molecular complexity index is 4330.